The van der Waals surface area contributed by atoms with E-state index in [1.54, 1.807) is 17.3 Å². The van der Waals surface area contributed by atoms with Crippen LogP contribution in [0, 0.1) is 0 Å². The quantitative estimate of drug-likeness (QED) is 0.877. The van der Waals surface area contributed by atoms with E-state index in [1.807, 2.05) is 12.1 Å². The van der Waals surface area contributed by atoms with Gasteiger partial charge in [0.1, 0.15) is 18.2 Å². The second kappa shape index (κ2) is 5.72. The number of carbonyl (C=O) groups is 1. The van der Waals surface area contributed by atoms with Crippen LogP contribution in [0.2, 0.25) is 0 Å². The van der Waals surface area contributed by atoms with E-state index in [-0.39, 0.29) is 12.5 Å². The standard InChI is InChI=1S/C18H19N5O3/c24-11-14-19-10-13-16(21-14)23(17(25)18(13)3-4-18)12-1-2-15(20-9-12)22-5-7-26-8-6-22/h1-2,9-10,24H,3-8,11H2. The number of ether oxygens (including phenoxy) is 1. The first-order chi connectivity index (χ1) is 12.7. The lowest BCUT2D eigenvalue weighted by Gasteiger charge is -2.28. The number of fused-ring (bicyclic) bond motifs is 2. The highest BCUT2D eigenvalue weighted by atomic mass is 16.5. The van der Waals surface area contributed by atoms with Crippen LogP contribution in [-0.2, 0) is 21.6 Å². The Bertz CT molecular complexity index is 860. The Kier molecular flexibility index (Phi) is 3.44. The zero-order valence-electron chi connectivity index (χ0n) is 14.3. The lowest BCUT2D eigenvalue weighted by atomic mass is 10.0. The topological polar surface area (TPSA) is 91.7 Å². The number of nitrogens with zero attached hydrogens (tertiary/aromatic N) is 5. The normalized spacial score (nSPS) is 20.6. The van der Waals surface area contributed by atoms with E-state index in [1.165, 1.54) is 0 Å². The number of morpholine rings is 1. The van der Waals surface area contributed by atoms with Crippen LogP contribution >= 0.6 is 0 Å². The van der Waals surface area contributed by atoms with Crippen LogP contribution in [0.25, 0.3) is 0 Å². The molecule has 0 unspecified atom stereocenters. The second-order valence-corrected chi connectivity index (χ2v) is 6.88. The van der Waals surface area contributed by atoms with Crippen molar-refractivity contribution >= 4 is 23.2 Å². The van der Waals surface area contributed by atoms with Crippen LogP contribution in [0.5, 0.6) is 0 Å². The van der Waals surface area contributed by atoms with Gasteiger partial charge in [-0.25, -0.2) is 15.0 Å². The molecule has 2 fully saturated rings. The Morgan fingerprint density at radius 1 is 1.15 bits per heavy atom. The SMILES string of the molecule is O=C1N(c2ccc(N3CCOCC3)nc2)c2nc(CO)ncc2C12CC2. The molecule has 1 saturated carbocycles. The van der Waals surface area contributed by atoms with E-state index in [9.17, 15) is 9.90 Å². The molecule has 0 atom stereocenters. The molecule has 3 aliphatic rings. The molecular formula is C18H19N5O3. The van der Waals surface area contributed by atoms with Gasteiger partial charge < -0.3 is 14.7 Å². The molecule has 1 aliphatic carbocycles. The third-order valence-corrected chi connectivity index (χ3v) is 5.38. The van der Waals surface area contributed by atoms with Gasteiger partial charge >= 0.3 is 0 Å². The Balaban J connectivity index is 1.51. The molecule has 1 N–H and O–H groups in total. The van der Waals surface area contributed by atoms with Crippen molar-refractivity contribution in [3.05, 3.63) is 35.9 Å². The largest absolute Gasteiger partial charge is 0.388 e. The molecule has 4 heterocycles. The summed E-state index contributed by atoms with van der Waals surface area (Å²) in [5.74, 6) is 1.80. The van der Waals surface area contributed by atoms with Gasteiger partial charge in [0, 0.05) is 24.8 Å². The molecule has 134 valence electrons. The van der Waals surface area contributed by atoms with E-state index in [0.29, 0.717) is 30.5 Å². The van der Waals surface area contributed by atoms with Crippen molar-refractivity contribution in [3.8, 4) is 0 Å². The first-order valence-corrected chi connectivity index (χ1v) is 8.83. The van der Waals surface area contributed by atoms with E-state index in [4.69, 9.17) is 4.74 Å². The van der Waals surface area contributed by atoms with E-state index < -0.39 is 5.41 Å². The predicted molar refractivity (Wildman–Crippen MR) is 93.3 cm³/mol. The molecule has 1 saturated heterocycles. The number of anilines is 3. The van der Waals surface area contributed by atoms with Gasteiger partial charge in [-0.2, -0.15) is 0 Å². The van der Waals surface area contributed by atoms with E-state index in [0.717, 1.165) is 37.3 Å². The molecule has 8 nitrogen and oxygen atoms in total. The highest BCUT2D eigenvalue weighted by Gasteiger charge is 2.60. The van der Waals surface area contributed by atoms with Crippen molar-refractivity contribution in [2.75, 3.05) is 36.1 Å². The fourth-order valence-corrected chi connectivity index (χ4v) is 3.76. The van der Waals surface area contributed by atoms with Crippen LogP contribution in [0.15, 0.2) is 24.5 Å². The molecule has 8 heteroatoms. The smallest absolute Gasteiger partial charge is 0.243 e. The lowest BCUT2D eigenvalue weighted by Crippen LogP contribution is -2.36. The van der Waals surface area contributed by atoms with E-state index in [2.05, 4.69) is 19.9 Å². The number of aromatic nitrogens is 3. The summed E-state index contributed by atoms with van der Waals surface area (Å²) in [6.07, 6.45) is 5.04. The summed E-state index contributed by atoms with van der Waals surface area (Å²) in [6, 6.07) is 3.83. The summed E-state index contributed by atoms with van der Waals surface area (Å²) in [4.78, 5) is 30.0. The van der Waals surface area contributed by atoms with Crippen molar-refractivity contribution in [2.24, 2.45) is 0 Å². The molecule has 0 radical (unpaired) electrons. The molecule has 5 rings (SSSR count). The van der Waals surface area contributed by atoms with Crippen molar-refractivity contribution in [2.45, 2.75) is 24.9 Å². The minimum Gasteiger partial charge on any atom is -0.388 e. The minimum atomic E-state index is -0.480. The summed E-state index contributed by atoms with van der Waals surface area (Å²) >= 11 is 0. The van der Waals surface area contributed by atoms with E-state index >= 15 is 0 Å². The van der Waals surface area contributed by atoms with Crippen LogP contribution in [0.1, 0.15) is 24.2 Å². The molecule has 0 aromatic carbocycles. The first kappa shape index (κ1) is 15.7. The highest BCUT2D eigenvalue weighted by molar-refractivity contribution is 6.13. The Hall–Kier alpha value is -2.58. The lowest BCUT2D eigenvalue weighted by molar-refractivity contribution is -0.119. The zero-order valence-corrected chi connectivity index (χ0v) is 14.3. The van der Waals surface area contributed by atoms with Crippen LogP contribution in [0.4, 0.5) is 17.3 Å². The number of aliphatic hydroxyl groups is 1. The predicted octanol–water partition coefficient (Wildman–Crippen LogP) is 0.910. The fourth-order valence-electron chi connectivity index (χ4n) is 3.76. The number of carbonyl (C=O) groups excluding carboxylic acids is 1. The third kappa shape index (κ3) is 2.22. The van der Waals surface area contributed by atoms with Gasteiger partial charge in [-0.15, -0.1) is 0 Å². The number of aliphatic hydroxyl groups excluding tert-OH is 1. The van der Waals surface area contributed by atoms with Crippen LogP contribution in [0.3, 0.4) is 0 Å². The third-order valence-electron chi connectivity index (χ3n) is 5.38. The molecule has 0 bridgehead atoms. The van der Waals surface area contributed by atoms with Crippen LogP contribution < -0.4 is 9.80 Å². The molecule has 2 aliphatic heterocycles. The zero-order chi connectivity index (χ0) is 17.7. The van der Waals surface area contributed by atoms with Gasteiger partial charge in [-0.1, -0.05) is 0 Å². The number of hydrogen-bond donors (Lipinski definition) is 1. The summed E-state index contributed by atoms with van der Waals surface area (Å²) in [6.45, 7) is 2.77. The maximum absolute atomic E-state index is 13.1. The first-order valence-electron chi connectivity index (χ1n) is 8.83. The van der Waals surface area contributed by atoms with Crippen molar-refractivity contribution in [1.82, 2.24) is 15.0 Å². The maximum atomic E-state index is 13.1. The Morgan fingerprint density at radius 2 is 1.96 bits per heavy atom. The fraction of sp³-hybridized carbons (Fsp3) is 0.444. The van der Waals surface area contributed by atoms with Crippen molar-refractivity contribution < 1.29 is 14.6 Å². The number of amides is 1. The molecular weight excluding hydrogens is 334 g/mol. The molecule has 26 heavy (non-hydrogen) atoms. The van der Waals surface area contributed by atoms with Gasteiger partial charge in [-0.05, 0) is 25.0 Å². The average molecular weight is 353 g/mol. The Morgan fingerprint density at radius 3 is 2.62 bits per heavy atom. The highest BCUT2D eigenvalue weighted by Crippen LogP contribution is 2.58. The van der Waals surface area contributed by atoms with Crippen molar-refractivity contribution in [3.63, 3.8) is 0 Å². The van der Waals surface area contributed by atoms with Gasteiger partial charge in [0.05, 0.1) is 30.5 Å². The Labute approximate surface area is 150 Å². The van der Waals surface area contributed by atoms with Gasteiger partial charge in [0.2, 0.25) is 5.91 Å². The van der Waals surface area contributed by atoms with Gasteiger partial charge in [0.15, 0.2) is 5.82 Å². The molecule has 1 amide bonds. The summed E-state index contributed by atoms with van der Waals surface area (Å²) in [5, 5.41) is 9.36. The van der Waals surface area contributed by atoms with Gasteiger partial charge in [-0.3, -0.25) is 9.69 Å². The summed E-state index contributed by atoms with van der Waals surface area (Å²) in [5.41, 5.74) is 1.07. The number of hydrogen-bond acceptors (Lipinski definition) is 7. The maximum Gasteiger partial charge on any atom is 0.243 e. The minimum absolute atomic E-state index is 0.0258. The molecule has 2 aromatic heterocycles. The number of pyridine rings is 1. The molecule has 2 aromatic rings. The average Bonchev–Trinajstić information content (AvgIpc) is 3.47. The van der Waals surface area contributed by atoms with Crippen molar-refractivity contribution in [1.29, 1.82) is 0 Å². The number of rotatable bonds is 3. The summed E-state index contributed by atoms with van der Waals surface area (Å²) in [7, 11) is 0. The molecule has 1 spiro atoms. The second-order valence-electron chi connectivity index (χ2n) is 6.88. The monoisotopic (exact) mass is 353 g/mol. The van der Waals surface area contributed by atoms with Crippen LogP contribution in [-0.4, -0.2) is 52.3 Å². The van der Waals surface area contributed by atoms with Gasteiger partial charge in [0.25, 0.3) is 0 Å². The summed E-state index contributed by atoms with van der Waals surface area (Å²) < 4.78 is 5.37.